The maximum absolute atomic E-state index is 3.58. The van der Waals surface area contributed by atoms with Gasteiger partial charge in [-0.05, 0) is 31.6 Å². The molecule has 0 aromatic rings. The van der Waals surface area contributed by atoms with Crippen molar-refractivity contribution in [2.75, 3.05) is 26.2 Å². The number of rotatable bonds is 3. The third kappa shape index (κ3) is 3.32. The molecule has 15 heavy (non-hydrogen) atoms. The minimum atomic E-state index is 0.734. The number of allylic oxidation sites excluding steroid dienone is 2. The van der Waals surface area contributed by atoms with Crippen molar-refractivity contribution in [2.24, 2.45) is 5.92 Å². The predicted octanol–water partition coefficient (Wildman–Crippen LogP) is 2.03. The van der Waals surface area contributed by atoms with Gasteiger partial charge >= 0.3 is 0 Å². The zero-order valence-corrected chi connectivity index (χ0v) is 9.91. The fourth-order valence-electron chi connectivity index (χ4n) is 2.72. The lowest BCUT2D eigenvalue weighted by atomic mass is 9.93. The van der Waals surface area contributed by atoms with E-state index >= 15 is 0 Å². The molecule has 2 atom stereocenters. The fourth-order valence-corrected chi connectivity index (χ4v) is 2.72. The molecule has 1 saturated heterocycles. The molecule has 2 rings (SSSR count). The molecule has 1 fully saturated rings. The van der Waals surface area contributed by atoms with Gasteiger partial charge in [0.05, 0.1) is 0 Å². The molecule has 2 nitrogen and oxygen atoms in total. The van der Waals surface area contributed by atoms with E-state index in [0.717, 1.165) is 12.0 Å². The van der Waals surface area contributed by atoms with Gasteiger partial charge in [-0.15, -0.1) is 0 Å². The molecule has 0 aromatic heterocycles. The molecule has 0 amide bonds. The van der Waals surface area contributed by atoms with E-state index in [2.05, 4.69) is 29.3 Å². The molecule has 1 N–H and O–H groups in total. The SMILES string of the molecule is CCC1CN(CC2CC=CCC2)CCN1. The van der Waals surface area contributed by atoms with E-state index in [0.29, 0.717) is 0 Å². The zero-order valence-electron chi connectivity index (χ0n) is 9.91. The van der Waals surface area contributed by atoms with E-state index in [1.807, 2.05) is 0 Å². The number of piperazine rings is 1. The van der Waals surface area contributed by atoms with Crippen LogP contribution < -0.4 is 5.32 Å². The summed E-state index contributed by atoms with van der Waals surface area (Å²) in [4.78, 5) is 2.66. The van der Waals surface area contributed by atoms with Crippen molar-refractivity contribution < 1.29 is 0 Å². The first kappa shape index (κ1) is 11.2. The average Bonchev–Trinajstić information content (AvgIpc) is 2.31. The van der Waals surface area contributed by atoms with Crippen molar-refractivity contribution in [1.29, 1.82) is 0 Å². The molecule has 1 aliphatic heterocycles. The summed E-state index contributed by atoms with van der Waals surface area (Å²) in [6.45, 7) is 7.29. The largest absolute Gasteiger partial charge is 0.311 e. The molecule has 2 unspecified atom stereocenters. The fraction of sp³-hybridized carbons (Fsp3) is 0.846. The van der Waals surface area contributed by atoms with Gasteiger partial charge in [-0.25, -0.2) is 0 Å². The Bertz CT molecular complexity index is 213. The number of nitrogens with one attached hydrogen (secondary N) is 1. The van der Waals surface area contributed by atoms with E-state index in [1.54, 1.807) is 0 Å². The van der Waals surface area contributed by atoms with Crippen LogP contribution in [0.5, 0.6) is 0 Å². The minimum Gasteiger partial charge on any atom is -0.311 e. The Morgan fingerprint density at radius 3 is 3.07 bits per heavy atom. The van der Waals surface area contributed by atoms with Crippen LogP contribution in [0, 0.1) is 5.92 Å². The summed E-state index contributed by atoms with van der Waals surface area (Å²) in [6.07, 6.45) is 9.98. The highest BCUT2D eigenvalue weighted by atomic mass is 15.2. The van der Waals surface area contributed by atoms with Crippen LogP contribution in [0.3, 0.4) is 0 Å². The molecule has 2 aliphatic rings. The highest BCUT2D eigenvalue weighted by Crippen LogP contribution is 2.19. The second-order valence-electron chi connectivity index (χ2n) is 4.97. The maximum Gasteiger partial charge on any atom is 0.0192 e. The Morgan fingerprint density at radius 1 is 1.40 bits per heavy atom. The quantitative estimate of drug-likeness (QED) is 0.714. The van der Waals surface area contributed by atoms with Gasteiger partial charge in [-0.1, -0.05) is 19.1 Å². The molecule has 0 radical (unpaired) electrons. The lowest BCUT2D eigenvalue weighted by Crippen LogP contribution is -2.51. The first-order valence-corrected chi connectivity index (χ1v) is 6.49. The summed E-state index contributed by atoms with van der Waals surface area (Å²) in [5.74, 6) is 0.922. The van der Waals surface area contributed by atoms with Crippen LogP contribution in [0.15, 0.2) is 12.2 Å². The van der Waals surface area contributed by atoms with Crippen molar-refractivity contribution in [3.05, 3.63) is 12.2 Å². The van der Waals surface area contributed by atoms with E-state index in [9.17, 15) is 0 Å². The number of nitrogens with zero attached hydrogens (tertiary/aromatic N) is 1. The van der Waals surface area contributed by atoms with Gasteiger partial charge in [0.25, 0.3) is 0 Å². The Balaban J connectivity index is 1.75. The average molecular weight is 208 g/mol. The van der Waals surface area contributed by atoms with Crippen LogP contribution in [0.4, 0.5) is 0 Å². The van der Waals surface area contributed by atoms with Crippen LogP contribution in [0.1, 0.15) is 32.6 Å². The van der Waals surface area contributed by atoms with Crippen LogP contribution in [-0.4, -0.2) is 37.1 Å². The van der Waals surface area contributed by atoms with Gasteiger partial charge < -0.3 is 10.2 Å². The first-order chi connectivity index (χ1) is 7.38. The van der Waals surface area contributed by atoms with Crippen LogP contribution in [0.2, 0.25) is 0 Å². The predicted molar refractivity (Wildman–Crippen MR) is 65.0 cm³/mol. The molecule has 0 spiro atoms. The standard InChI is InChI=1S/C13H24N2/c1-2-13-11-15(9-8-14-13)10-12-6-4-3-5-7-12/h3-4,12-14H,2,5-11H2,1H3. The van der Waals surface area contributed by atoms with E-state index in [4.69, 9.17) is 0 Å². The lowest BCUT2D eigenvalue weighted by molar-refractivity contribution is 0.166. The Labute approximate surface area is 93.7 Å². The second kappa shape index (κ2) is 5.66. The lowest BCUT2D eigenvalue weighted by Gasteiger charge is -2.35. The van der Waals surface area contributed by atoms with Crippen LogP contribution >= 0.6 is 0 Å². The normalized spacial score (nSPS) is 33.1. The Morgan fingerprint density at radius 2 is 2.33 bits per heavy atom. The van der Waals surface area contributed by atoms with Crippen molar-refractivity contribution in [3.63, 3.8) is 0 Å². The number of hydrogen-bond donors (Lipinski definition) is 1. The molecular weight excluding hydrogens is 184 g/mol. The van der Waals surface area contributed by atoms with E-state index in [-0.39, 0.29) is 0 Å². The van der Waals surface area contributed by atoms with Crippen molar-refractivity contribution >= 4 is 0 Å². The smallest absolute Gasteiger partial charge is 0.0192 e. The summed E-state index contributed by atoms with van der Waals surface area (Å²) in [6, 6.07) is 0.734. The van der Waals surface area contributed by atoms with Crippen molar-refractivity contribution in [1.82, 2.24) is 10.2 Å². The molecule has 86 valence electrons. The summed E-state index contributed by atoms with van der Waals surface area (Å²) < 4.78 is 0. The van der Waals surface area contributed by atoms with Crippen molar-refractivity contribution in [3.8, 4) is 0 Å². The van der Waals surface area contributed by atoms with Gasteiger partial charge in [0.2, 0.25) is 0 Å². The highest BCUT2D eigenvalue weighted by Gasteiger charge is 2.20. The van der Waals surface area contributed by atoms with E-state index < -0.39 is 0 Å². The highest BCUT2D eigenvalue weighted by molar-refractivity contribution is 4.91. The van der Waals surface area contributed by atoms with Crippen molar-refractivity contribution in [2.45, 2.75) is 38.6 Å². The summed E-state index contributed by atoms with van der Waals surface area (Å²) in [7, 11) is 0. The van der Waals surface area contributed by atoms with Gasteiger partial charge in [0.15, 0.2) is 0 Å². The van der Waals surface area contributed by atoms with Gasteiger partial charge in [0.1, 0.15) is 0 Å². The third-order valence-corrected chi connectivity index (χ3v) is 3.73. The Kier molecular flexibility index (Phi) is 4.21. The molecule has 1 heterocycles. The van der Waals surface area contributed by atoms with Gasteiger partial charge in [-0.3, -0.25) is 0 Å². The minimum absolute atomic E-state index is 0.734. The summed E-state index contributed by atoms with van der Waals surface area (Å²) in [5.41, 5.74) is 0. The maximum atomic E-state index is 3.58. The monoisotopic (exact) mass is 208 g/mol. The molecule has 0 aromatic carbocycles. The third-order valence-electron chi connectivity index (χ3n) is 3.73. The topological polar surface area (TPSA) is 15.3 Å². The molecular formula is C13H24N2. The molecule has 0 saturated carbocycles. The number of hydrogen-bond acceptors (Lipinski definition) is 2. The van der Waals surface area contributed by atoms with Gasteiger partial charge in [-0.2, -0.15) is 0 Å². The van der Waals surface area contributed by atoms with Crippen LogP contribution in [-0.2, 0) is 0 Å². The molecule has 1 aliphatic carbocycles. The van der Waals surface area contributed by atoms with E-state index in [1.165, 1.54) is 51.9 Å². The second-order valence-corrected chi connectivity index (χ2v) is 4.97. The molecule has 0 bridgehead atoms. The Hall–Kier alpha value is -0.340. The van der Waals surface area contributed by atoms with Crippen LogP contribution in [0.25, 0.3) is 0 Å². The summed E-state index contributed by atoms with van der Waals surface area (Å²) in [5, 5.41) is 3.58. The van der Waals surface area contributed by atoms with Gasteiger partial charge in [0, 0.05) is 32.2 Å². The molecule has 2 heteroatoms. The first-order valence-electron chi connectivity index (χ1n) is 6.49. The zero-order chi connectivity index (χ0) is 10.5. The summed E-state index contributed by atoms with van der Waals surface area (Å²) >= 11 is 0.